The van der Waals surface area contributed by atoms with Gasteiger partial charge in [-0.05, 0) is 29.6 Å². The molecule has 3 rings (SSSR count). The van der Waals surface area contributed by atoms with Crippen molar-refractivity contribution in [3.8, 4) is 0 Å². The predicted octanol–water partition coefficient (Wildman–Crippen LogP) is 5.17. The van der Waals surface area contributed by atoms with E-state index in [1.807, 2.05) is 5.38 Å². The van der Waals surface area contributed by atoms with Crippen LogP contribution in [-0.4, -0.2) is 16.2 Å². The highest BCUT2D eigenvalue weighted by molar-refractivity contribution is 7.11. The molecule has 0 aliphatic carbocycles. The molecule has 0 fully saturated rings. The summed E-state index contributed by atoms with van der Waals surface area (Å²) in [6.45, 7) is 0. The molecule has 0 aliphatic heterocycles. The van der Waals surface area contributed by atoms with Gasteiger partial charge in [-0.15, -0.1) is 11.3 Å². The molecule has 26 heavy (non-hydrogen) atoms. The standard InChI is InChI=1S/C15H8F6N4S/c16-14(17,18)10-6-11(15(19,20)21)23-13-9(10)3-4-12(24-13)25-22-7-8-2-1-5-26-8/h1-7H,(H,23,24,25)/b22-7-. The van der Waals surface area contributed by atoms with Crippen molar-refractivity contribution < 1.29 is 26.3 Å². The third-order valence-electron chi connectivity index (χ3n) is 3.18. The number of anilines is 1. The Hall–Kier alpha value is -2.69. The molecular weight excluding hydrogens is 382 g/mol. The van der Waals surface area contributed by atoms with Crippen molar-refractivity contribution in [2.45, 2.75) is 12.4 Å². The van der Waals surface area contributed by atoms with Crippen LogP contribution in [0.5, 0.6) is 0 Å². The number of halogens is 6. The van der Waals surface area contributed by atoms with Crippen LogP contribution in [0.15, 0.2) is 40.8 Å². The SMILES string of the molecule is FC(F)(F)c1cc(C(F)(F)F)c2ccc(N/N=C\c3cccs3)nc2n1. The van der Waals surface area contributed by atoms with Crippen molar-refractivity contribution in [2.24, 2.45) is 5.10 Å². The van der Waals surface area contributed by atoms with Gasteiger partial charge in [0.1, 0.15) is 11.5 Å². The molecule has 0 spiro atoms. The molecule has 4 nitrogen and oxygen atoms in total. The first-order valence-electron chi connectivity index (χ1n) is 6.93. The second-order valence-corrected chi connectivity index (χ2v) is 5.98. The molecule has 0 aliphatic rings. The van der Waals surface area contributed by atoms with Crippen LogP contribution in [0.1, 0.15) is 16.1 Å². The molecule has 0 aromatic carbocycles. The summed E-state index contributed by atoms with van der Waals surface area (Å²) >= 11 is 1.40. The van der Waals surface area contributed by atoms with Crippen molar-refractivity contribution >= 4 is 34.4 Å². The lowest BCUT2D eigenvalue weighted by molar-refractivity contribution is -0.144. The Morgan fingerprint density at radius 3 is 2.38 bits per heavy atom. The molecule has 0 saturated carbocycles. The monoisotopic (exact) mass is 390 g/mol. The van der Waals surface area contributed by atoms with Gasteiger partial charge in [-0.1, -0.05) is 6.07 Å². The number of alkyl halides is 6. The molecule has 0 unspecified atom stereocenters. The molecular formula is C15H8F6N4S. The highest BCUT2D eigenvalue weighted by Gasteiger charge is 2.39. The summed E-state index contributed by atoms with van der Waals surface area (Å²) in [5.41, 5.74) is -1.33. The quantitative estimate of drug-likeness (QED) is 0.381. The number of rotatable bonds is 3. The highest BCUT2D eigenvalue weighted by atomic mass is 32.1. The summed E-state index contributed by atoms with van der Waals surface area (Å²) in [5.74, 6) is -0.0368. The number of nitrogens with one attached hydrogen (secondary N) is 1. The third-order valence-corrected chi connectivity index (χ3v) is 3.99. The number of hydrogen-bond donors (Lipinski definition) is 1. The van der Waals surface area contributed by atoms with Gasteiger partial charge in [0.25, 0.3) is 0 Å². The van der Waals surface area contributed by atoms with Gasteiger partial charge in [0.2, 0.25) is 0 Å². The first-order chi connectivity index (χ1) is 12.1. The first-order valence-corrected chi connectivity index (χ1v) is 7.81. The van der Waals surface area contributed by atoms with E-state index < -0.39 is 34.6 Å². The van der Waals surface area contributed by atoms with E-state index in [4.69, 9.17) is 0 Å². The van der Waals surface area contributed by atoms with Gasteiger partial charge in [0.15, 0.2) is 5.65 Å². The Morgan fingerprint density at radius 2 is 1.77 bits per heavy atom. The fraction of sp³-hybridized carbons (Fsp3) is 0.133. The molecule has 3 heterocycles. The Kier molecular flexibility index (Phi) is 4.57. The molecule has 3 aromatic rings. The summed E-state index contributed by atoms with van der Waals surface area (Å²) in [7, 11) is 0. The van der Waals surface area contributed by atoms with E-state index in [2.05, 4.69) is 20.5 Å². The third kappa shape index (κ3) is 3.93. The Bertz CT molecular complexity index is 947. The molecule has 0 bridgehead atoms. The molecule has 0 atom stereocenters. The van der Waals surface area contributed by atoms with Gasteiger partial charge in [-0.2, -0.15) is 31.4 Å². The van der Waals surface area contributed by atoms with Gasteiger partial charge in [-0.3, -0.25) is 5.43 Å². The van der Waals surface area contributed by atoms with Crippen LogP contribution in [0.2, 0.25) is 0 Å². The second-order valence-electron chi connectivity index (χ2n) is 5.00. The van der Waals surface area contributed by atoms with Crippen LogP contribution in [-0.2, 0) is 12.4 Å². The van der Waals surface area contributed by atoms with Gasteiger partial charge in [0.05, 0.1) is 11.8 Å². The molecule has 136 valence electrons. The van der Waals surface area contributed by atoms with Crippen molar-refractivity contribution in [3.05, 3.63) is 51.8 Å². The normalized spacial score (nSPS) is 12.8. The minimum Gasteiger partial charge on any atom is -0.261 e. The zero-order valence-corrected chi connectivity index (χ0v) is 13.4. The maximum Gasteiger partial charge on any atom is 0.433 e. The topological polar surface area (TPSA) is 50.2 Å². The Morgan fingerprint density at radius 1 is 1.00 bits per heavy atom. The molecule has 11 heteroatoms. The van der Waals surface area contributed by atoms with Crippen molar-refractivity contribution in [3.63, 3.8) is 0 Å². The number of fused-ring (bicyclic) bond motifs is 1. The fourth-order valence-corrected chi connectivity index (χ4v) is 2.66. The number of hydrogen-bond acceptors (Lipinski definition) is 5. The lowest BCUT2D eigenvalue weighted by Crippen LogP contribution is -2.14. The van der Waals surface area contributed by atoms with Crippen molar-refractivity contribution in [1.82, 2.24) is 9.97 Å². The lowest BCUT2D eigenvalue weighted by Gasteiger charge is -2.14. The van der Waals surface area contributed by atoms with E-state index in [0.29, 0.717) is 0 Å². The maximum absolute atomic E-state index is 13.1. The largest absolute Gasteiger partial charge is 0.433 e. The number of pyridine rings is 2. The molecule has 0 amide bonds. The van der Waals surface area contributed by atoms with Crippen LogP contribution in [0, 0.1) is 0 Å². The summed E-state index contributed by atoms with van der Waals surface area (Å²) < 4.78 is 77.8. The van der Waals surface area contributed by atoms with Gasteiger partial charge < -0.3 is 0 Å². The predicted molar refractivity (Wildman–Crippen MR) is 85.1 cm³/mol. The zero-order chi connectivity index (χ0) is 18.9. The summed E-state index contributed by atoms with van der Waals surface area (Å²) in [6.07, 6.45) is -8.57. The van der Waals surface area contributed by atoms with Crippen molar-refractivity contribution in [2.75, 3.05) is 5.43 Å². The van der Waals surface area contributed by atoms with Crippen LogP contribution in [0.25, 0.3) is 11.0 Å². The lowest BCUT2D eigenvalue weighted by atomic mass is 10.1. The van der Waals surface area contributed by atoms with E-state index in [-0.39, 0.29) is 11.9 Å². The van der Waals surface area contributed by atoms with E-state index >= 15 is 0 Å². The van der Waals surface area contributed by atoms with Crippen LogP contribution in [0.4, 0.5) is 32.2 Å². The molecule has 1 N–H and O–H groups in total. The maximum atomic E-state index is 13.1. The van der Waals surface area contributed by atoms with E-state index in [0.717, 1.165) is 10.9 Å². The minimum absolute atomic E-state index is 0.0218. The highest BCUT2D eigenvalue weighted by Crippen LogP contribution is 2.38. The van der Waals surface area contributed by atoms with Crippen molar-refractivity contribution in [1.29, 1.82) is 0 Å². The Balaban J connectivity index is 2.02. The van der Waals surface area contributed by atoms with E-state index in [9.17, 15) is 26.3 Å². The van der Waals surface area contributed by atoms with Gasteiger partial charge in [-0.25, -0.2) is 9.97 Å². The van der Waals surface area contributed by atoms with E-state index in [1.165, 1.54) is 23.6 Å². The first kappa shape index (κ1) is 18.1. The van der Waals surface area contributed by atoms with Crippen LogP contribution in [0.3, 0.4) is 0 Å². The number of nitrogens with zero attached hydrogens (tertiary/aromatic N) is 3. The average molecular weight is 390 g/mol. The fourth-order valence-electron chi connectivity index (χ4n) is 2.07. The van der Waals surface area contributed by atoms with Crippen LogP contribution >= 0.6 is 11.3 Å². The van der Waals surface area contributed by atoms with Gasteiger partial charge in [0, 0.05) is 10.3 Å². The number of aromatic nitrogens is 2. The van der Waals surface area contributed by atoms with Crippen LogP contribution < -0.4 is 5.43 Å². The smallest absolute Gasteiger partial charge is 0.261 e. The molecule has 0 saturated heterocycles. The summed E-state index contributed by atoms with van der Waals surface area (Å²) in [5, 5.41) is 5.12. The number of thiophene rings is 1. The number of hydrazone groups is 1. The van der Waals surface area contributed by atoms with Gasteiger partial charge >= 0.3 is 12.4 Å². The summed E-state index contributed by atoms with van der Waals surface area (Å²) in [6, 6.07) is 5.73. The Labute approximate surface area is 146 Å². The second kappa shape index (κ2) is 6.56. The average Bonchev–Trinajstić information content (AvgIpc) is 3.05. The van der Waals surface area contributed by atoms with E-state index in [1.54, 1.807) is 12.1 Å². The zero-order valence-electron chi connectivity index (χ0n) is 12.6. The molecule has 3 aromatic heterocycles. The molecule has 0 radical (unpaired) electrons. The summed E-state index contributed by atoms with van der Waals surface area (Å²) in [4.78, 5) is 7.72. The minimum atomic E-state index is -5.03.